The standard InChI is InChI=1S/C22H27N5O2/c1-25(21(28)18-7-5-17(15-23)6-8-18)16-22(29)9-12-26(13-10-22)20-4-2-3-19-24-11-14-27(19)20/h2-8,11,14,29H,9-10,12-13,15-16,23H2,1H3. The molecule has 29 heavy (non-hydrogen) atoms. The molecule has 1 aromatic carbocycles. The van der Waals surface area contributed by atoms with Gasteiger partial charge in [-0.3, -0.25) is 9.20 Å². The number of hydrogen-bond donors (Lipinski definition) is 2. The number of fused-ring (bicyclic) bond motifs is 1. The summed E-state index contributed by atoms with van der Waals surface area (Å²) in [7, 11) is 1.75. The van der Waals surface area contributed by atoms with Crippen LogP contribution in [-0.2, 0) is 6.54 Å². The van der Waals surface area contributed by atoms with E-state index in [2.05, 4.69) is 20.4 Å². The molecule has 3 N–H and O–H groups in total. The van der Waals surface area contributed by atoms with Gasteiger partial charge in [0.25, 0.3) is 5.91 Å². The first-order valence-corrected chi connectivity index (χ1v) is 9.93. The number of rotatable bonds is 5. The first kappa shape index (κ1) is 19.4. The summed E-state index contributed by atoms with van der Waals surface area (Å²) < 4.78 is 2.06. The summed E-state index contributed by atoms with van der Waals surface area (Å²) in [6.45, 7) is 2.21. The second kappa shape index (κ2) is 7.85. The minimum atomic E-state index is -0.888. The number of nitrogens with two attached hydrogens (primary N) is 1. The van der Waals surface area contributed by atoms with E-state index in [4.69, 9.17) is 5.73 Å². The molecule has 0 atom stereocenters. The summed E-state index contributed by atoms with van der Waals surface area (Å²) >= 11 is 0. The van der Waals surface area contributed by atoms with Crippen LogP contribution in [0, 0.1) is 0 Å². The van der Waals surface area contributed by atoms with Gasteiger partial charge in [0.1, 0.15) is 11.5 Å². The Morgan fingerprint density at radius 3 is 2.62 bits per heavy atom. The number of likely N-dealkylation sites (N-methyl/N-ethyl adjacent to an activating group) is 1. The number of carbonyl (C=O) groups is 1. The molecule has 0 spiro atoms. The highest BCUT2D eigenvalue weighted by atomic mass is 16.3. The maximum atomic E-state index is 12.7. The quantitative estimate of drug-likeness (QED) is 0.691. The van der Waals surface area contributed by atoms with E-state index in [0.717, 1.165) is 30.1 Å². The third kappa shape index (κ3) is 3.97. The van der Waals surface area contributed by atoms with Gasteiger partial charge in [0.15, 0.2) is 0 Å². The molecule has 1 saturated heterocycles. The van der Waals surface area contributed by atoms with Crippen LogP contribution in [0.25, 0.3) is 5.65 Å². The molecule has 3 aromatic rings. The summed E-state index contributed by atoms with van der Waals surface area (Å²) in [5, 5.41) is 11.1. The number of hydrogen-bond acceptors (Lipinski definition) is 5. The molecule has 0 aliphatic carbocycles. The lowest BCUT2D eigenvalue weighted by atomic mass is 9.90. The molecule has 0 radical (unpaired) electrons. The smallest absolute Gasteiger partial charge is 0.253 e. The fourth-order valence-corrected chi connectivity index (χ4v) is 4.02. The summed E-state index contributed by atoms with van der Waals surface area (Å²) in [6.07, 6.45) is 4.94. The molecule has 1 amide bonds. The number of imidazole rings is 1. The largest absolute Gasteiger partial charge is 0.388 e. The van der Waals surface area contributed by atoms with Gasteiger partial charge in [-0.25, -0.2) is 4.98 Å². The second-order valence-electron chi connectivity index (χ2n) is 7.81. The SMILES string of the molecule is CN(CC1(O)CCN(c2cccc3nccn23)CC1)C(=O)c1ccc(CN)cc1. The fraction of sp³-hybridized carbons (Fsp3) is 0.364. The number of pyridine rings is 1. The molecule has 3 heterocycles. The van der Waals surface area contributed by atoms with Gasteiger partial charge in [-0.05, 0) is 42.7 Å². The zero-order valence-electron chi connectivity index (χ0n) is 16.7. The van der Waals surface area contributed by atoms with Crippen LogP contribution >= 0.6 is 0 Å². The molecular formula is C22H27N5O2. The van der Waals surface area contributed by atoms with Crippen molar-refractivity contribution in [3.8, 4) is 0 Å². The first-order chi connectivity index (χ1) is 14.0. The number of aromatic nitrogens is 2. The summed E-state index contributed by atoms with van der Waals surface area (Å²) in [5.74, 6) is 0.985. The van der Waals surface area contributed by atoms with Gasteiger partial charge in [-0.1, -0.05) is 18.2 Å². The summed E-state index contributed by atoms with van der Waals surface area (Å²) in [5.41, 5.74) is 7.24. The molecule has 0 saturated carbocycles. The Morgan fingerprint density at radius 2 is 1.93 bits per heavy atom. The maximum absolute atomic E-state index is 12.7. The van der Waals surface area contributed by atoms with Gasteiger partial charge < -0.3 is 20.6 Å². The van der Waals surface area contributed by atoms with Crippen molar-refractivity contribution in [2.24, 2.45) is 5.73 Å². The summed E-state index contributed by atoms with van der Waals surface area (Å²) in [4.78, 5) is 20.9. The lowest BCUT2D eigenvalue weighted by Gasteiger charge is -2.41. The van der Waals surface area contributed by atoms with E-state index in [1.54, 1.807) is 30.3 Å². The molecule has 1 aliphatic rings. The molecule has 7 nitrogen and oxygen atoms in total. The van der Waals surface area contributed by atoms with Crippen LogP contribution in [-0.4, -0.2) is 57.6 Å². The molecule has 4 rings (SSSR count). The van der Waals surface area contributed by atoms with Crippen molar-refractivity contribution >= 4 is 17.4 Å². The minimum absolute atomic E-state index is 0.0902. The molecule has 1 aliphatic heterocycles. The Balaban J connectivity index is 1.40. The van der Waals surface area contributed by atoms with E-state index in [0.29, 0.717) is 31.5 Å². The summed E-state index contributed by atoms with van der Waals surface area (Å²) in [6, 6.07) is 13.4. The molecule has 2 aromatic heterocycles. The first-order valence-electron chi connectivity index (χ1n) is 9.93. The van der Waals surface area contributed by atoms with Gasteiger partial charge in [0, 0.05) is 51.2 Å². The van der Waals surface area contributed by atoms with Crippen molar-refractivity contribution in [1.82, 2.24) is 14.3 Å². The predicted octanol–water partition coefficient (Wildman–Crippen LogP) is 1.90. The zero-order chi connectivity index (χ0) is 20.4. The van der Waals surface area contributed by atoms with E-state index >= 15 is 0 Å². The Labute approximate surface area is 170 Å². The predicted molar refractivity (Wildman–Crippen MR) is 113 cm³/mol. The van der Waals surface area contributed by atoms with Crippen LogP contribution < -0.4 is 10.6 Å². The number of nitrogens with zero attached hydrogens (tertiary/aromatic N) is 4. The van der Waals surface area contributed by atoms with Gasteiger partial charge >= 0.3 is 0 Å². The van der Waals surface area contributed by atoms with Crippen molar-refractivity contribution in [2.75, 3.05) is 31.6 Å². The van der Waals surface area contributed by atoms with E-state index in [1.165, 1.54) is 0 Å². The Hall–Kier alpha value is -2.90. The maximum Gasteiger partial charge on any atom is 0.253 e. The van der Waals surface area contributed by atoms with Crippen LogP contribution in [0.3, 0.4) is 0 Å². The fourth-order valence-electron chi connectivity index (χ4n) is 4.02. The van der Waals surface area contributed by atoms with E-state index in [9.17, 15) is 9.90 Å². The van der Waals surface area contributed by atoms with Crippen molar-refractivity contribution in [2.45, 2.75) is 25.0 Å². The van der Waals surface area contributed by atoms with Crippen LogP contribution in [0.2, 0.25) is 0 Å². The second-order valence-corrected chi connectivity index (χ2v) is 7.81. The molecular weight excluding hydrogens is 366 g/mol. The number of amides is 1. The van der Waals surface area contributed by atoms with Gasteiger partial charge in [0.05, 0.1) is 5.60 Å². The van der Waals surface area contributed by atoms with E-state index in [1.807, 2.05) is 30.5 Å². The zero-order valence-corrected chi connectivity index (χ0v) is 16.7. The van der Waals surface area contributed by atoms with E-state index in [-0.39, 0.29) is 5.91 Å². The highest BCUT2D eigenvalue weighted by molar-refractivity contribution is 5.94. The average molecular weight is 393 g/mol. The van der Waals surface area contributed by atoms with Crippen LogP contribution in [0.5, 0.6) is 0 Å². The Bertz CT molecular complexity index is 990. The number of piperidine rings is 1. The van der Waals surface area contributed by atoms with Gasteiger partial charge in [-0.2, -0.15) is 0 Å². The highest BCUT2D eigenvalue weighted by Crippen LogP contribution is 2.27. The molecule has 1 fully saturated rings. The topological polar surface area (TPSA) is 87.1 Å². The van der Waals surface area contributed by atoms with Gasteiger partial charge in [0.2, 0.25) is 0 Å². The third-order valence-electron chi connectivity index (χ3n) is 5.74. The van der Waals surface area contributed by atoms with Crippen LogP contribution in [0.1, 0.15) is 28.8 Å². The monoisotopic (exact) mass is 393 g/mol. The lowest BCUT2D eigenvalue weighted by Crippen LogP contribution is -2.51. The van der Waals surface area contributed by atoms with Crippen molar-refractivity contribution < 1.29 is 9.90 Å². The number of benzene rings is 1. The molecule has 152 valence electrons. The van der Waals surface area contributed by atoms with Crippen LogP contribution in [0.15, 0.2) is 54.9 Å². The van der Waals surface area contributed by atoms with Crippen molar-refractivity contribution in [1.29, 1.82) is 0 Å². The molecule has 0 bridgehead atoms. The normalized spacial score (nSPS) is 16.2. The third-order valence-corrected chi connectivity index (χ3v) is 5.74. The minimum Gasteiger partial charge on any atom is -0.388 e. The molecule has 0 unspecified atom stereocenters. The number of aliphatic hydroxyl groups is 1. The van der Waals surface area contributed by atoms with Crippen molar-refractivity contribution in [3.05, 3.63) is 66.0 Å². The van der Waals surface area contributed by atoms with E-state index < -0.39 is 5.60 Å². The number of carbonyl (C=O) groups excluding carboxylic acids is 1. The Kier molecular flexibility index (Phi) is 5.25. The average Bonchev–Trinajstić information content (AvgIpc) is 3.23. The van der Waals surface area contributed by atoms with Crippen LogP contribution in [0.4, 0.5) is 5.82 Å². The number of anilines is 1. The van der Waals surface area contributed by atoms with Gasteiger partial charge in [-0.15, -0.1) is 0 Å². The highest BCUT2D eigenvalue weighted by Gasteiger charge is 2.35. The Morgan fingerprint density at radius 1 is 1.21 bits per heavy atom. The van der Waals surface area contributed by atoms with Crippen molar-refractivity contribution in [3.63, 3.8) is 0 Å². The lowest BCUT2D eigenvalue weighted by molar-refractivity contribution is -0.00813. The molecule has 7 heteroatoms.